The summed E-state index contributed by atoms with van der Waals surface area (Å²) < 4.78 is 11.3. The van der Waals surface area contributed by atoms with E-state index in [-0.39, 0.29) is 5.91 Å². The first-order chi connectivity index (χ1) is 13.7. The summed E-state index contributed by atoms with van der Waals surface area (Å²) in [7, 11) is 0. The Balaban J connectivity index is 1.52. The minimum absolute atomic E-state index is 0.192. The fourth-order valence-electron chi connectivity index (χ4n) is 2.48. The van der Waals surface area contributed by atoms with E-state index in [0.717, 1.165) is 23.5 Å². The molecule has 0 radical (unpaired) electrons. The van der Waals surface area contributed by atoms with Crippen molar-refractivity contribution in [3.63, 3.8) is 0 Å². The molecule has 1 N–H and O–H groups in total. The highest BCUT2D eigenvalue weighted by atomic mass is 16.5. The second-order valence-corrected chi connectivity index (χ2v) is 6.18. The van der Waals surface area contributed by atoms with Crippen LogP contribution >= 0.6 is 0 Å². The maximum atomic E-state index is 12.1. The molecule has 0 aliphatic heterocycles. The zero-order valence-corrected chi connectivity index (χ0v) is 15.8. The zero-order valence-electron chi connectivity index (χ0n) is 15.8. The van der Waals surface area contributed by atoms with E-state index in [1.165, 1.54) is 6.08 Å². The van der Waals surface area contributed by atoms with Gasteiger partial charge in [0.15, 0.2) is 0 Å². The predicted octanol–water partition coefficient (Wildman–Crippen LogP) is 5.92. The summed E-state index contributed by atoms with van der Waals surface area (Å²) in [5.74, 6) is 2.13. The normalized spacial score (nSPS) is 10.6. The Kier molecular flexibility index (Phi) is 6.85. The molecule has 0 aliphatic rings. The number of amides is 1. The predicted molar refractivity (Wildman–Crippen MR) is 113 cm³/mol. The minimum Gasteiger partial charge on any atom is -0.494 e. The lowest BCUT2D eigenvalue weighted by molar-refractivity contribution is -0.111. The summed E-state index contributed by atoms with van der Waals surface area (Å²) in [6.45, 7) is 2.77. The molecule has 3 aromatic carbocycles. The van der Waals surface area contributed by atoms with Crippen LogP contribution in [0.25, 0.3) is 6.08 Å². The Morgan fingerprint density at radius 3 is 2.18 bits per heavy atom. The second kappa shape index (κ2) is 9.97. The fraction of sp³-hybridized carbons (Fsp3) is 0.125. The quantitative estimate of drug-likeness (QED) is 0.499. The molecule has 3 rings (SSSR count). The Bertz CT molecular complexity index is 901. The van der Waals surface area contributed by atoms with Crippen molar-refractivity contribution in [3.05, 3.63) is 90.5 Å². The average molecular weight is 373 g/mol. The summed E-state index contributed by atoms with van der Waals surface area (Å²) in [5, 5.41) is 2.84. The molecule has 0 bridgehead atoms. The van der Waals surface area contributed by atoms with E-state index in [2.05, 4.69) is 12.2 Å². The smallest absolute Gasteiger partial charge is 0.248 e. The van der Waals surface area contributed by atoms with Gasteiger partial charge in [0, 0.05) is 11.8 Å². The molecule has 28 heavy (non-hydrogen) atoms. The summed E-state index contributed by atoms with van der Waals surface area (Å²) in [6, 6.07) is 24.5. The van der Waals surface area contributed by atoms with Crippen molar-refractivity contribution in [2.45, 2.75) is 13.3 Å². The first kappa shape index (κ1) is 19.2. The highest BCUT2D eigenvalue weighted by Crippen LogP contribution is 2.22. The SMILES string of the molecule is CCCOc1ccc(/C=C/C(=O)Nc2ccc(Oc3ccccc3)cc2)cc1. The molecule has 0 aliphatic carbocycles. The van der Waals surface area contributed by atoms with Crippen molar-refractivity contribution in [2.75, 3.05) is 11.9 Å². The highest BCUT2D eigenvalue weighted by Gasteiger charge is 2.01. The molecular formula is C24H23NO3. The van der Waals surface area contributed by atoms with Crippen molar-refractivity contribution in [1.29, 1.82) is 0 Å². The third kappa shape index (κ3) is 6.02. The number of anilines is 1. The van der Waals surface area contributed by atoms with Crippen molar-refractivity contribution in [2.24, 2.45) is 0 Å². The molecule has 0 spiro atoms. The van der Waals surface area contributed by atoms with Gasteiger partial charge in [-0.25, -0.2) is 0 Å². The monoisotopic (exact) mass is 373 g/mol. The Labute approximate surface area is 165 Å². The van der Waals surface area contributed by atoms with Gasteiger partial charge in [0.25, 0.3) is 0 Å². The Morgan fingerprint density at radius 1 is 0.857 bits per heavy atom. The van der Waals surface area contributed by atoms with Crippen LogP contribution in [0.4, 0.5) is 5.69 Å². The molecule has 1 amide bonds. The van der Waals surface area contributed by atoms with Gasteiger partial charge >= 0.3 is 0 Å². The molecule has 142 valence electrons. The van der Waals surface area contributed by atoms with Crippen LogP contribution in [0.15, 0.2) is 84.9 Å². The van der Waals surface area contributed by atoms with Crippen LogP contribution in [0.1, 0.15) is 18.9 Å². The van der Waals surface area contributed by atoms with Crippen molar-refractivity contribution >= 4 is 17.7 Å². The number of hydrogen-bond acceptors (Lipinski definition) is 3. The van der Waals surface area contributed by atoms with Crippen LogP contribution in [0.5, 0.6) is 17.2 Å². The number of ether oxygens (including phenoxy) is 2. The first-order valence-electron chi connectivity index (χ1n) is 9.28. The Hall–Kier alpha value is -3.53. The van der Waals surface area contributed by atoms with E-state index in [4.69, 9.17) is 9.47 Å². The van der Waals surface area contributed by atoms with E-state index in [1.54, 1.807) is 6.08 Å². The van der Waals surface area contributed by atoms with Gasteiger partial charge in [-0.15, -0.1) is 0 Å². The number of carbonyl (C=O) groups excluding carboxylic acids is 1. The van der Waals surface area contributed by atoms with Crippen molar-refractivity contribution in [1.82, 2.24) is 0 Å². The largest absolute Gasteiger partial charge is 0.494 e. The van der Waals surface area contributed by atoms with Gasteiger partial charge in [0.05, 0.1) is 6.61 Å². The van der Waals surface area contributed by atoms with Gasteiger partial charge in [0.2, 0.25) is 5.91 Å². The molecule has 0 unspecified atom stereocenters. The summed E-state index contributed by atoms with van der Waals surface area (Å²) in [4.78, 5) is 12.1. The third-order valence-corrected chi connectivity index (χ3v) is 3.88. The number of benzene rings is 3. The number of carbonyl (C=O) groups is 1. The number of rotatable bonds is 8. The van der Waals surface area contributed by atoms with E-state index in [0.29, 0.717) is 18.0 Å². The molecule has 0 saturated carbocycles. The summed E-state index contributed by atoms with van der Waals surface area (Å²) >= 11 is 0. The van der Waals surface area contributed by atoms with Gasteiger partial charge in [-0.1, -0.05) is 37.3 Å². The van der Waals surface area contributed by atoms with Gasteiger partial charge in [-0.05, 0) is 66.6 Å². The molecule has 0 saturated heterocycles. The highest BCUT2D eigenvalue weighted by molar-refractivity contribution is 6.01. The van der Waals surface area contributed by atoms with Crippen LogP contribution in [0, 0.1) is 0 Å². The van der Waals surface area contributed by atoms with Crippen LogP contribution in [-0.4, -0.2) is 12.5 Å². The van der Waals surface area contributed by atoms with Gasteiger partial charge in [-0.3, -0.25) is 4.79 Å². The standard InChI is InChI=1S/C24H23NO3/c1-2-18-27-21-13-8-19(9-14-21)10-17-24(26)25-20-11-15-23(16-12-20)28-22-6-4-3-5-7-22/h3-17H,2,18H2,1H3,(H,25,26)/b17-10+. The maximum absolute atomic E-state index is 12.1. The van der Waals surface area contributed by atoms with Gasteiger partial charge in [0.1, 0.15) is 17.2 Å². The molecule has 0 heterocycles. The van der Waals surface area contributed by atoms with Gasteiger partial charge in [-0.2, -0.15) is 0 Å². The Morgan fingerprint density at radius 2 is 1.50 bits per heavy atom. The topological polar surface area (TPSA) is 47.6 Å². The lowest BCUT2D eigenvalue weighted by atomic mass is 10.2. The third-order valence-electron chi connectivity index (χ3n) is 3.88. The number of nitrogens with one attached hydrogen (secondary N) is 1. The molecular weight excluding hydrogens is 350 g/mol. The molecule has 4 heteroatoms. The zero-order chi connectivity index (χ0) is 19.6. The molecule has 4 nitrogen and oxygen atoms in total. The summed E-state index contributed by atoms with van der Waals surface area (Å²) in [6.07, 6.45) is 4.25. The first-order valence-corrected chi connectivity index (χ1v) is 9.28. The van der Waals surface area contributed by atoms with E-state index in [9.17, 15) is 4.79 Å². The van der Waals surface area contributed by atoms with E-state index >= 15 is 0 Å². The van der Waals surface area contributed by atoms with Crippen molar-refractivity contribution < 1.29 is 14.3 Å². The van der Waals surface area contributed by atoms with Crippen LogP contribution in [0.3, 0.4) is 0 Å². The molecule has 0 atom stereocenters. The molecule has 3 aromatic rings. The van der Waals surface area contributed by atoms with E-state index < -0.39 is 0 Å². The number of para-hydroxylation sites is 1. The fourth-order valence-corrected chi connectivity index (χ4v) is 2.48. The van der Waals surface area contributed by atoms with Crippen LogP contribution < -0.4 is 14.8 Å². The van der Waals surface area contributed by atoms with Crippen molar-refractivity contribution in [3.8, 4) is 17.2 Å². The lowest BCUT2D eigenvalue weighted by Crippen LogP contribution is -2.07. The molecule has 0 aromatic heterocycles. The van der Waals surface area contributed by atoms with Crippen LogP contribution in [-0.2, 0) is 4.79 Å². The lowest BCUT2D eigenvalue weighted by Gasteiger charge is -2.07. The number of hydrogen-bond donors (Lipinski definition) is 1. The second-order valence-electron chi connectivity index (χ2n) is 6.18. The average Bonchev–Trinajstić information content (AvgIpc) is 2.74. The summed E-state index contributed by atoms with van der Waals surface area (Å²) in [5.41, 5.74) is 1.64. The van der Waals surface area contributed by atoms with Gasteiger partial charge < -0.3 is 14.8 Å². The molecule has 0 fully saturated rings. The van der Waals surface area contributed by atoms with Crippen LogP contribution in [0.2, 0.25) is 0 Å². The van der Waals surface area contributed by atoms with E-state index in [1.807, 2.05) is 78.9 Å². The minimum atomic E-state index is -0.192. The maximum Gasteiger partial charge on any atom is 0.248 e.